The summed E-state index contributed by atoms with van der Waals surface area (Å²) < 4.78 is 6.49. The first-order chi connectivity index (χ1) is 9.72. The van der Waals surface area contributed by atoms with Gasteiger partial charge in [-0.1, -0.05) is 30.3 Å². The third-order valence-electron chi connectivity index (χ3n) is 2.75. The highest BCUT2D eigenvalue weighted by Crippen LogP contribution is 2.02. The molecule has 4 nitrogen and oxygen atoms in total. The van der Waals surface area contributed by atoms with E-state index >= 15 is 0 Å². The molecule has 5 heteroatoms. The fourth-order valence-electron chi connectivity index (χ4n) is 1.79. The Hall–Kier alpha value is -2.01. The van der Waals surface area contributed by atoms with Crippen LogP contribution in [0.15, 0.2) is 54.7 Å². The Morgan fingerprint density at radius 1 is 1.05 bits per heavy atom. The molecule has 20 heavy (non-hydrogen) atoms. The van der Waals surface area contributed by atoms with Crippen LogP contribution in [0.1, 0.15) is 20.8 Å². The summed E-state index contributed by atoms with van der Waals surface area (Å²) in [6.07, 6.45) is 1.69. The number of ketones is 1. The molecule has 0 spiro atoms. The van der Waals surface area contributed by atoms with Gasteiger partial charge >= 0.3 is 5.97 Å². The van der Waals surface area contributed by atoms with E-state index in [4.69, 9.17) is 4.74 Å². The molecule has 0 saturated carbocycles. The number of halogens is 1. The van der Waals surface area contributed by atoms with Crippen molar-refractivity contribution in [2.24, 2.45) is 0 Å². The van der Waals surface area contributed by atoms with Crippen LogP contribution in [0.3, 0.4) is 0 Å². The van der Waals surface area contributed by atoms with E-state index in [1.807, 2.05) is 18.2 Å². The van der Waals surface area contributed by atoms with Gasteiger partial charge in [0, 0.05) is 17.7 Å². The van der Waals surface area contributed by atoms with E-state index < -0.39 is 5.97 Å². The van der Waals surface area contributed by atoms with Gasteiger partial charge in [-0.25, -0.2) is 4.79 Å². The topological polar surface area (TPSA) is 47.2 Å². The zero-order chi connectivity index (χ0) is 14.4. The first-order valence-corrected chi connectivity index (χ1v) is 7.14. The number of hydrogen-bond acceptors (Lipinski definition) is 3. The first-order valence-electron chi connectivity index (χ1n) is 6.02. The Morgan fingerprint density at radius 2 is 1.75 bits per heavy atom. The monoisotopic (exact) mass is 334 g/mol. The number of pyridine rings is 1. The fraction of sp³-hybridized carbons (Fsp3) is 0.133. The number of benzene rings is 1. The Balaban J connectivity index is 2.21. The number of hydrogen-bond donors (Lipinski definition) is 0. The third-order valence-corrected chi connectivity index (χ3v) is 2.97. The van der Waals surface area contributed by atoms with Gasteiger partial charge in [0.25, 0.3) is 5.69 Å². The summed E-state index contributed by atoms with van der Waals surface area (Å²) in [4.78, 5) is 24.0. The number of esters is 1. The van der Waals surface area contributed by atoms with Crippen LogP contribution in [-0.4, -0.2) is 17.3 Å². The van der Waals surface area contributed by atoms with Crippen LogP contribution in [0, 0.1) is 0 Å². The van der Waals surface area contributed by atoms with E-state index in [0.29, 0.717) is 11.3 Å². The van der Waals surface area contributed by atoms with E-state index in [1.165, 1.54) is 0 Å². The molecular weight excluding hydrogens is 322 g/mol. The van der Waals surface area contributed by atoms with Crippen LogP contribution < -0.4 is 4.57 Å². The third kappa shape index (κ3) is 3.51. The molecule has 0 aliphatic heterocycles. The van der Waals surface area contributed by atoms with Gasteiger partial charge in [-0.15, -0.1) is 0 Å². The van der Waals surface area contributed by atoms with Crippen molar-refractivity contribution in [1.29, 1.82) is 0 Å². The minimum absolute atomic E-state index is 0.0605. The van der Waals surface area contributed by atoms with Crippen molar-refractivity contribution >= 4 is 27.7 Å². The van der Waals surface area contributed by atoms with Crippen LogP contribution in [0.2, 0.25) is 0 Å². The zero-order valence-electron chi connectivity index (χ0n) is 10.7. The Labute approximate surface area is 125 Å². The summed E-state index contributed by atoms with van der Waals surface area (Å²) in [6.45, 7) is 0.0948. The van der Waals surface area contributed by atoms with Crippen LogP contribution >= 0.6 is 15.9 Å². The predicted molar refractivity (Wildman–Crippen MR) is 76.6 cm³/mol. The van der Waals surface area contributed by atoms with Crippen LogP contribution in [0.5, 0.6) is 0 Å². The number of rotatable bonds is 5. The summed E-state index contributed by atoms with van der Waals surface area (Å²) in [5.41, 5.74) is 1.08. The molecule has 0 bridgehead atoms. The predicted octanol–water partition coefficient (Wildman–Crippen LogP) is 2.37. The molecule has 2 aromatic rings. The number of alkyl halides is 1. The van der Waals surface area contributed by atoms with E-state index in [0.717, 1.165) is 0 Å². The van der Waals surface area contributed by atoms with Gasteiger partial charge in [-0.05, 0) is 22.0 Å². The van der Waals surface area contributed by atoms with E-state index in [1.54, 1.807) is 41.1 Å². The maximum absolute atomic E-state index is 12.2. The summed E-state index contributed by atoms with van der Waals surface area (Å²) >= 11 is 3.04. The van der Waals surface area contributed by atoms with E-state index in [9.17, 15) is 9.59 Å². The second-order valence-electron chi connectivity index (χ2n) is 4.04. The minimum atomic E-state index is -0.469. The first kappa shape index (κ1) is 14.4. The molecule has 0 fully saturated rings. The average molecular weight is 335 g/mol. The molecule has 0 saturated heterocycles. The molecular formula is C15H13BrNO3+. The smallest absolute Gasteiger partial charge is 0.404 e. The Morgan fingerprint density at radius 3 is 2.45 bits per heavy atom. The summed E-state index contributed by atoms with van der Waals surface area (Å²) in [6, 6.07) is 14.1. The lowest BCUT2D eigenvalue weighted by atomic mass is 10.1. The summed E-state index contributed by atoms with van der Waals surface area (Å²) in [7, 11) is 0. The summed E-state index contributed by atoms with van der Waals surface area (Å²) in [5.74, 6) is -0.530. The normalized spacial score (nSPS) is 10.1. The fourth-order valence-corrected chi connectivity index (χ4v) is 2.00. The molecule has 0 radical (unpaired) electrons. The largest absolute Gasteiger partial charge is 0.446 e. The quantitative estimate of drug-likeness (QED) is 0.365. The lowest BCUT2D eigenvalue weighted by Crippen LogP contribution is -2.43. The maximum atomic E-state index is 12.2. The number of aromatic nitrogens is 1. The van der Waals surface area contributed by atoms with Crippen molar-refractivity contribution in [3.63, 3.8) is 0 Å². The minimum Gasteiger partial charge on any atom is -0.446 e. The number of carbonyl (C=O) groups is 2. The average Bonchev–Trinajstić information content (AvgIpc) is 2.49. The van der Waals surface area contributed by atoms with Gasteiger partial charge in [-0.2, -0.15) is 4.57 Å². The van der Waals surface area contributed by atoms with Gasteiger partial charge in [0.05, 0.1) is 0 Å². The molecule has 0 amide bonds. The highest BCUT2D eigenvalue weighted by atomic mass is 79.9. The van der Waals surface area contributed by atoms with Crippen molar-refractivity contribution in [2.75, 3.05) is 5.52 Å². The van der Waals surface area contributed by atoms with Crippen molar-refractivity contribution < 1.29 is 18.9 Å². The molecule has 1 aromatic heterocycles. The Kier molecular flexibility index (Phi) is 5.01. The second kappa shape index (κ2) is 6.96. The lowest BCUT2D eigenvalue weighted by Gasteiger charge is -2.03. The highest BCUT2D eigenvalue weighted by Gasteiger charge is 2.22. The molecule has 1 aromatic carbocycles. The number of Topliss-reactive ketones (excluding diaryl/α,β-unsaturated/α-hetero) is 1. The molecule has 1 heterocycles. The number of carbonyl (C=O) groups excluding carboxylic acids is 2. The van der Waals surface area contributed by atoms with E-state index in [-0.39, 0.29) is 17.8 Å². The molecule has 0 aliphatic rings. The van der Waals surface area contributed by atoms with Crippen LogP contribution in [0.4, 0.5) is 0 Å². The number of nitrogens with zero attached hydrogens (tertiary/aromatic N) is 1. The molecule has 0 N–H and O–H groups in total. The molecule has 0 atom stereocenters. The van der Waals surface area contributed by atoms with Gasteiger partial charge in [0.2, 0.25) is 12.3 Å². The van der Waals surface area contributed by atoms with Gasteiger partial charge in [0.15, 0.2) is 6.20 Å². The Bertz CT molecular complexity index is 614. The zero-order valence-corrected chi connectivity index (χ0v) is 12.2. The van der Waals surface area contributed by atoms with Crippen molar-refractivity contribution in [3.05, 3.63) is 66.0 Å². The van der Waals surface area contributed by atoms with Crippen LogP contribution in [0.25, 0.3) is 0 Å². The van der Waals surface area contributed by atoms with Crippen molar-refractivity contribution in [3.8, 4) is 0 Å². The number of ether oxygens (including phenoxy) is 1. The van der Waals surface area contributed by atoms with Crippen LogP contribution in [-0.2, 0) is 11.3 Å². The second-order valence-corrected chi connectivity index (χ2v) is 4.50. The standard InChI is InChI=1S/C15H13BrNO3/c16-11-20-15(19)13-8-4-5-9-17(13)10-14(18)12-6-2-1-3-7-12/h1-9H,10-11H2/q+1. The van der Waals surface area contributed by atoms with Gasteiger partial charge in [0.1, 0.15) is 5.52 Å². The maximum Gasteiger partial charge on any atom is 0.404 e. The molecule has 0 aliphatic carbocycles. The summed E-state index contributed by atoms with van der Waals surface area (Å²) in [5, 5.41) is 0. The van der Waals surface area contributed by atoms with Crippen molar-refractivity contribution in [1.82, 2.24) is 0 Å². The molecule has 0 unspecified atom stereocenters. The van der Waals surface area contributed by atoms with Gasteiger partial charge < -0.3 is 4.74 Å². The van der Waals surface area contributed by atoms with Gasteiger partial charge in [-0.3, -0.25) is 4.79 Å². The molecule has 102 valence electrons. The molecule has 2 rings (SSSR count). The SMILES string of the molecule is O=C(C[n+]1ccccc1C(=O)OCBr)c1ccccc1. The highest BCUT2D eigenvalue weighted by molar-refractivity contribution is 9.09. The van der Waals surface area contributed by atoms with E-state index in [2.05, 4.69) is 15.9 Å². The van der Waals surface area contributed by atoms with Crippen molar-refractivity contribution in [2.45, 2.75) is 6.54 Å². The lowest BCUT2D eigenvalue weighted by molar-refractivity contribution is -0.685.